The molecule has 4 heteroatoms. The van der Waals surface area contributed by atoms with E-state index >= 15 is 0 Å². The molecule has 2 rings (SSSR count). The minimum Gasteiger partial charge on any atom is -0.423 e. The Balaban J connectivity index is 2.35. The third kappa shape index (κ3) is 3.34. The molecule has 0 aromatic heterocycles. The number of halogens is 2. The molecule has 108 valence electrons. The Bertz CT molecular complexity index is 721. The Kier molecular flexibility index (Phi) is 4.17. The van der Waals surface area contributed by atoms with Crippen LogP contribution in [0.5, 0.6) is 5.75 Å². The highest BCUT2D eigenvalue weighted by Crippen LogP contribution is 2.29. The smallest absolute Gasteiger partial charge is 0.338 e. The fourth-order valence-electron chi connectivity index (χ4n) is 1.81. The summed E-state index contributed by atoms with van der Waals surface area (Å²) in [4.78, 5) is 11.4. The molecule has 0 atom stereocenters. The van der Waals surface area contributed by atoms with Crippen LogP contribution < -0.4 is 4.74 Å². The molecule has 0 saturated heterocycles. The van der Waals surface area contributed by atoms with E-state index in [0.717, 1.165) is 11.6 Å². The lowest BCUT2D eigenvalue weighted by atomic mass is 10.0. The van der Waals surface area contributed by atoms with E-state index in [9.17, 15) is 13.6 Å². The van der Waals surface area contributed by atoms with Crippen LogP contribution in [-0.4, -0.2) is 5.97 Å². The van der Waals surface area contributed by atoms with Crippen LogP contribution in [0.1, 0.15) is 12.5 Å². The lowest BCUT2D eigenvalue weighted by Crippen LogP contribution is -2.08. The van der Waals surface area contributed by atoms with Crippen LogP contribution in [-0.2, 0) is 4.79 Å². The van der Waals surface area contributed by atoms with E-state index in [1.165, 1.54) is 31.2 Å². The molecule has 21 heavy (non-hydrogen) atoms. The molecule has 0 spiro atoms. The second kappa shape index (κ2) is 5.87. The third-order valence-electron chi connectivity index (χ3n) is 2.91. The quantitative estimate of drug-likeness (QED) is 0.474. The number of hydrogen-bond donors (Lipinski definition) is 0. The molecule has 0 aliphatic heterocycles. The zero-order valence-corrected chi connectivity index (χ0v) is 11.7. The first-order valence-electron chi connectivity index (χ1n) is 6.32. The maximum absolute atomic E-state index is 14.1. The Labute approximate surface area is 121 Å². The van der Waals surface area contributed by atoms with Gasteiger partial charge in [-0.05, 0) is 37.6 Å². The molecule has 0 aliphatic carbocycles. The number of carbonyl (C=O) groups excluding carboxylic acids is 1. The van der Waals surface area contributed by atoms with Gasteiger partial charge in [0.2, 0.25) is 0 Å². The highest BCUT2D eigenvalue weighted by atomic mass is 19.1. The average molecular weight is 288 g/mol. The summed E-state index contributed by atoms with van der Waals surface area (Å²) in [7, 11) is 0. The number of hydrogen-bond acceptors (Lipinski definition) is 2. The van der Waals surface area contributed by atoms with Gasteiger partial charge in [0.25, 0.3) is 0 Å². The van der Waals surface area contributed by atoms with Crippen molar-refractivity contribution in [1.29, 1.82) is 0 Å². The lowest BCUT2D eigenvalue weighted by molar-refractivity contribution is -0.130. The molecule has 2 aromatic carbocycles. The molecule has 0 radical (unpaired) electrons. The minimum absolute atomic E-state index is 0.0526. The minimum atomic E-state index is -0.662. The zero-order chi connectivity index (χ0) is 15.6. The Morgan fingerprint density at radius 3 is 2.14 bits per heavy atom. The molecular formula is C17H14F2O2. The molecule has 0 saturated carbocycles. The second-order valence-electron chi connectivity index (χ2n) is 4.79. The molecule has 0 fully saturated rings. The molecule has 0 aliphatic rings. The SMILES string of the molecule is C=C(C)C(=O)Oc1ccc(-c2ccc(C)cc2F)c(F)c1. The summed E-state index contributed by atoms with van der Waals surface area (Å²) in [6, 6.07) is 8.40. The van der Waals surface area contributed by atoms with Crippen molar-refractivity contribution in [2.75, 3.05) is 0 Å². The number of benzene rings is 2. The molecule has 0 amide bonds. The van der Waals surface area contributed by atoms with Crippen molar-refractivity contribution in [3.8, 4) is 16.9 Å². The van der Waals surface area contributed by atoms with Gasteiger partial charge in [0, 0.05) is 22.8 Å². The summed E-state index contributed by atoms with van der Waals surface area (Å²) in [5.41, 5.74) is 1.24. The average Bonchev–Trinajstić information content (AvgIpc) is 2.40. The molecule has 0 bridgehead atoms. The van der Waals surface area contributed by atoms with Crippen LogP contribution in [0, 0.1) is 18.6 Å². The van der Waals surface area contributed by atoms with Gasteiger partial charge in [0.15, 0.2) is 0 Å². The summed E-state index contributed by atoms with van der Waals surface area (Å²) >= 11 is 0. The van der Waals surface area contributed by atoms with Crippen LogP contribution in [0.2, 0.25) is 0 Å². The Morgan fingerprint density at radius 1 is 1.05 bits per heavy atom. The summed E-state index contributed by atoms with van der Waals surface area (Å²) in [5.74, 6) is -1.74. The van der Waals surface area contributed by atoms with Crippen molar-refractivity contribution in [3.05, 3.63) is 65.7 Å². The van der Waals surface area contributed by atoms with Crippen LogP contribution in [0.15, 0.2) is 48.6 Å². The van der Waals surface area contributed by atoms with Crippen LogP contribution >= 0.6 is 0 Å². The van der Waals surface area contributed by atoms with Crippen molar-refractivity contribution in [2.45, 2.75) is 13.8 Å². The van der Waals surface area contributed by atoms with Crippen molar-refractivity contribution in [1.82, 2.24) is 0 Å². The molecule has 0 heterocycles. The normalized spacial score (nSPS) is 10.3. The van der Waals surface area contributed by atoms with Gasteiger partial charge >= 0.3 is 5.97 Å². The van der Waals surface area contributed by atoms with Crippen molar-refractivity contribution in [2.24, 2.45) is 0 Å². The van der Waals surface area contributed by atoms with Gasteiger partial charge < -0.3 is 4.74 Å². The Hall–Kier alpha value is -2.49. The van der Waals surface area contributed by atoms with E-state index in [4.69, 9.17) is 4.74 Å². The molecule has 2 aromatic rings. The first kappa shape index (κ1) is 14.9. The van der Waals surface area contributed by atoms with Crippen LogP contribution in [0.4, 0.5) is 8.78 Å². The van der Waals surface area contributed by atoms with Crippen molar-refractivity contribution < 1.29 is 18.3 Å². The first-order chi connectivity index (χ1) is 9.88. The predicted molar refractivity (Wildman–Crippen MR) is 77.0 cm³/mol. The summed E-state index contributed by atoms with van der Waals surface area (Å²) in [6.45, 7) is 6.69. The van der Waals surface area contributed by atoms with Gasteiger partial charge in [0.05, 0.1) is 0 Å². The zero-order valence-electron chi connectivity index (χ0n) is 11.7. The van der Waals surface area contributed by atoms with E-state index in [0.29, 0.717) is 0 Å². The molecule has 0 N–H and O–H groups in total. The largest absolute Gasteiger partial charge is 0.423 e. The van der Waals surface area contributed by atoms with Crippen LogP contribution in [0.3, 0.4) is 0 Å². The Morgan fingerprint density at radius 2 is 1.62 bits per heavy atom. The highest BCUT2D eigenvalue weighted by Gasteiger charge is 2.13. The summed E-state index contributed by atoms with van der Waals surface area (Å²) < 4.78 is 32.9. The van der Waals surface area contributed by atoms with Crippen molar-refractivity contribution in [3.63, 3.8) is 0 Å². The van der Waals surface area contributed by atoms with Gasteiger partial charge in [-0.2, -0.15) is 0 Å². The highest BCUT2D eigenvalue weighted by molar-refractivity contribution is 5.88. The van der Waals surface area contributed by atoms with Gasteiger partial charge in [0.1, 0.15) is 17.4 Å². The molecule has 0 unspecified atom stereocenters. The van der Waals surface area contributed by atoms with Gasteiger partial charge in [-0.15, -0.1) is 0 Å². The molecule has 2 nitrogen and oxygen atoms in total. The number of carbonyl (C=O) groups is 1. The lowest BCUT2D eigenvalue weighted by Gasteiger charge is -2.08. The number of ether oxygens (including phenoxy) is 1. The standard InChI is InChI=1S/C17H14F2O2/c1-10(2)17(20)21-12-5-7-14(16(19)9-12)13-6-4-11(3)8-15(13)18/h4-9H,1H2,2-3H3. The van der Waals surface area contributed by atoms with E-state index in [2.05, 4.69) is 6.58 Å². The fourth-order valence-corrected chi connectivity index (χ4v) is 1.81. The maximum atomic E-state index is 14.1. The van der Waals surface area contributed by atoms with E-state index < -0.39 is 17.6 Å². The fraction of sp³-hybridized carbons (Fsp3) is 0.118. The topological polar surface area (TPSA) is 26.3 Å². The summed E-state index contributed by atoms with van der Waals surface area (Å²) in [5, 5.41) is 0. The molecular weight excluding hydrogens is 274 g/mol. The van der Waals surface area contributed by atoms with Crippen LogP contribution in [0.25, 0.3) is 11.1 Å². The maximum Gasteiger partial charge on any atom is 0.338 e. The number of esters is 1. The van der Waals surface area contributed by atoms with E-state index in [1.807, 2.05) is 0 Å². The summed E-state index contributed by atoms with van der Waals surface area (Å²) in [6.07, 6.45) is 0. The van der Waals surface area contributed by atoms with E-state index in [1.54, 1.807) is 13.0 Å². The number of rotatable bonds is 3. The van der Waals surface area contributed by atoms with Gasteiger partial charge in [-0.25, -0.2) is 13.6 Å². The number of aryl methyl sites for hydroxylation is 1. The predicted octanol–water partition coefficient (Wildman–Crippen LogP) is 4.42. The van der Waals surface area contributed by atoms with Gasteiger partial charge in [-0.1, -0.05) is 18.7 Å². The second-order valence-corrected chi connectivity index (χ2v) is 4.79. The van der Waals surface area contributed by atoms with Crippen molar-refractivity contribution >= 4 is 5.97 Å². The first-order valence-corrected chi connectivity index (χ1v) is 6.32. The van der Waals surface area contributed by atoms with E-state index in [-0.39, 0.29) is 22.4 Å². The van der Waals surface area contributed by atoms with Gasteiger partial charge in [-0.3, -0.25) is 0 Å². The third-order valence-corrected chi connectivity index (χ3v) is 2.91. The monoisotopic (exact) mass is 288 g/mol.